The summed E-state index contributed by atoms with van der Waals surface area (Å²) < 4.78 is 1.08. The van der Waals surface area contributed by atoms with Crippen LogP contribution in [0.15, 0.2) is 56.7 Å². The molecule has 1 atom stereocenters. The molecular formula is C15H15BrClNS. The maximum atomic E-state index is 6.17. The first-order chi connectivity index (χ1) is 9.06. The summed E-state index contributed by atoms with van der Waals surface area (Å²) in [5.74, 6) is 0. The summed E-state index contributed by atoms with van der Waals surface area (Å²) in [6, 6.07) is 14.4. The third-order valence-electron chi connectivity index (χ3n) is 2.61. The van der Waals surface area contributed by atoms with Crippen LogP contribution in [-0.2, 0) is 6.42 Å². The maximum absolute atomic E-state index is 6.17. The van der Waals surface area contributed by atoms with Crippen molar-refractivity contribution in [3.63, 3.8) is 0 Å². The predicted molar refractivity (Wildman–Crippen MR) is 87.1 cm³/mol. The Bertz CT molecular complexity index is 572. The lowest BCUT2D eigenvalue weighted by molar-refractivity contribution is 0.737. The molecule has 0 saturated carbocycles. The second-order valence-electron chi connectivity index (χ2n) is 4.48. The molecule has 4 heteroatoms. The van der Waals surface area contributed by atoms with Crippen LogP contribution in [0.3, 0.4) is 0 Å². The Hall–Kier alpha value is -0.480. The molecule has 0 bridgehead atoms. The first kappa shape index (κ1) is 14.9. The van der Waals surface area contributed by atoms with Crippen LogP contribution in [-0.4, -0.2) is 6.04 Å². The van der Waals surface area contributed by atoms with E-state index in [-0.39, 0.29) is 6.04 Å². The van der Waals surface area contributed by atoms with Gasteiger partial charge in [-0.15, -0.1) is 0 Å². The third kappa shape index (κ3) is 4.25. The highest BCUT2D eigenvalue weighted by Gasteiger charge is 2.07. The first-order valence-corrected chi connectivity index (χ1v) is 8.01. The fourth-order valence-corrected chi connectivity index (χ4v) is 3.53. The number of hydrogen-bond acceptors (Lipinski definition) is 2. The van der Waals surface area contributed by atoms with Crippen LogP contribution in [0, 0.1) is 0 Å². The molecule has 0 radical (unpaired) electrons. The molecule has 0 fully saturated rings. The van der Waals surface area contributed by atoms with Gasteiger partial charge in [0.25, 0.3) is 0 Å². The molecular weight excluding hydrogens is 342 g/mol. The van der Waals surface area contributed by atoms with Crippen LogP contribution in [0.5, 0.6) is 0 Å². The van der Waals surface area contributed by atoms with Crippen molar-refractivity contribution in [3.8, 4) is 0 Å². The molecule has 0 aliphatic rings. The lowest BCUT2D eigenvalue weighted by Gasteiger charge is -2.09. The Morgan fingerprint density at radius 3 is 2.58 bits per heavy atom. The van der Waals surface area contributed by atoms with Crippen LogP contribution in [0.25, 0.3) is 0 Å². The van der Waals surface area contributed by atoms with Gasteiger partial charge in [0.05, 0.1) is 5.02 Å². The summed E-state index contributed by atoms with van der Waals surface area (Å²) in [4.78, 5) is 2.21. The molecule has 1 nitrogen and oxygen atoms in total. The Morgan fingerprint density at radius 1 is 1.21 bits per heavy atom. The zero-order valence-electron chi connectivity index (χ0n) is 10.6. The zero-order valence-corrected chi connectivity index (χ0v) is 13.7. The second kappa shape index (κ2) is 6.80. The van der Waals surface area contributed by atoms with E-state index in [2.05, 4.69) is 34.1 Å². The molecule has 2 rings (SSSR count). The van der Waals surface area contributed by atoms with Crippen molar-refractivity contribution in [3.05, 3.63) is 57.5 Å². The van der Waals surface area contributed by atoms with Crippen LogP contribution in [0.4, 0.5) is 0 Å². The summed E-state index contributed by atoms with van der Waals surface area (Å²) in [6.45, 7) is 2.01. The molecule has 2 aromatic rings. The van der Waals surface area contributed by atoms with Gasteiger partial charge in [-0.1, -0.05) is 41.6 Å². The van der Waals surface area contributed by atoms with Gasteiger partial charge in [-0.05, 0) is 59.1 Å². The molecule has 0 aliphatic carbocycles. The number of hydrogen-bond donors (Lipinski definition) is 1. The zero-order chi connectivity index (χ0) is 13.8. The number of nitrogens with two attached hydrogens (primary N) is 1. The Morgan fingerprint density at radius 2 is 1.95 bits per heavy atom. The number of benzene rings is 2. The monoisotopic (exact) mass is 355 g/mol. The largest absolute Gasteiger partial charge is 0.328 e. The van der Waals surface area contributed by atoms with Gasteiger partial charge in [0.2, 0.25) is 0 Å². The van der Waals surface area contributed by atoms with E-state index in [0.717, 1.165) is 25.7 Å². The average Bonchev–Trinajstić information content (AvgIpc) is 2.34. The number of rotatable bonds is 4. The molecule has 0 heterocycles. The summed E-state index contributed by atoms with van der Waals surface area (Å²) >= 11 is 11.4. The van der Waals surface area contributed by atoms with Crippen molar-refractivity contribution in [1.82, 2.24) is 0 Å². The van der Waals surface area contributed by atoms with E-state index < -0.39 is 0 Å². The molecule has 0 saturated heterocycles. The van der Waals surface area contributed by atoms with Crippen molar-refractivity contribution in [2.24, 2.45) is 5.73 Å². The fraction of sp³-hybridized carbons (Fsp3) is 0.200. The van der Waals surface area contributed by atoms with E-state index in [1.54, 1.807) is 11.8 Å². The minimum absolute atomic E-state index is 0.175. The van der Waals surface area contributed by atoms with Gasteiger partial charge in [0.1, 0.15) is 0 Å². The molecule has 0 amide bonds. The van der Waals surface area contributed by atoms with Gasteiger partial charge in [-0.2, -0.15) is 0 Å². The van der Waals surface area contributed by atoms with Crippen molar-refractivity contribution >= 4 is 39.3 Å². The Kier molecular flexibility index (Phi) is 5.34. The Labute approximate surface area is 131 Å². The van der Waals surface area contributed by atoms with E-state index in [1.807, 2.05) is 31.2 Å². The lowest BCUT2D eigenvalue weighted by atomic mass is 10.1. The molecule has 1 unspecified atom stereocenters. The molecule has 19 heavy (non-hydrogen) atoms. The predicted octanol–water partition coefficient (Wildman–Crippen LogP) is 5.14. The van der Waals surface area contributed by atoms with Crippen LogP contribution in [0.1, 0.15) is 12.5 Å². The van der Waals surface area contributed by atoms with Gasteiger partial charge in [0, 0.05) is 20.3 Å². The van der Waals surface area contributed by atoms with Crippen molar-refractivity contribution < 1.29 is 0 Å². The normalized spacial score (nSPS) is 12.4. The van der Waals surface area contributed by atoms with Crippen molar-refractivity contribution in [1.29, 1.82) is 0 Å². The summed E-state index contributed by atoms with van der Waals surface area (Å²) in [5.41, 5.74) is 7.06. The quantitative estimate of drug-likeness (QED) is 0.820. The molecule has 2 aromatic carbocycles. The molecule has 2 N–H and O–H groups in total. The second-order valence-corrected chi connectivity index (χ2v) is 6.82. The van der Waals surface area contributed by atoms with Gasteiger partial charge >= 0.3 is 0 Å². The topological polar surface area (TPSA) is 26.0 Å². The van der Waals surface area contributed by atoms with Gasteiger partial charge in [-0.25, -0.2) is 0 Å². The SMILES string of the molecule is CC(N)Cc1ccc(Sc2ccccc2Cl)c(Br)c1. The van der Waals surface area contributed by atoms with E-state index >= 15 is 0 Å². The van der Waals surface area contributed by atoms with E-state index in [0.29, 0.717) is 0 Å². The van der Waals surface area contributed by atoms with Crippen LogP contribution < -0.4 is 5.73 Å². The van der Waals surface area contributed by atoms with Crippen LogP contribution in [0.2, 0.25) is 5.02 Å². The molecule has 0 spiro atoms. The van der Waals surface area contributed by atoms with E-state index in [9.17, 15) is 0 Å². The number of halogens is 2. The highest BCUT2D eigenvalue weighted by Crippen LogP contribution is 2.37. The lowest BCUT2D eigenvalue weighted by Crippen LogP contribution is -2.17. The fourth-order valence-electron chi connectivity index (χ4n) is 1.77. The maximum Gasteiger partial charge on any atom is 0.0545 e. The van der Waals surface area contributed by atoms with Gasteiger partial charge in [0.15, 0.2) is 0 Å². The summed E-state index contributed by atoms with van der Waals surface area (Å²) in [5, 5.41) is 0.777. The van der Waals surface area contributed by atoms with E-state index in [1.165, 1.54) is 5.56 Å². The van der Waals surface area contributed by atoms with Crippen molar-refractivity contribution in [2.75, 3.05) is 0 Å². The summed E-state index contributed by atoms with van der Waals surface area (Å²) in [7, 11) is 0. The Balaban J connectivity index is 2.20. The molecule has 0 aliphatic heterocycles. The van der Waals surface area contributed by atoms with Crippen LogP contribution >= 0.6 is 39.3 Å². The minimum Gasteiger partial charge on any atom is -0.328 e. The molecule has 100 valence electrons. The highest BCUT2D eigenvalue weighted by molar-refractivity contribution is 9.10. The summed E-state index contributed by atoms with van der Waals surface area (Å²) in [6.07, 6.45) is 0.885. The minimum atomic E-state index is 0.175. The molecule has 0 aromatic heterocycles. The van der Waals surface area contributed by atoms with Gasteiger partial charge < -0.3 is 5.73 Å². The van der Waals surface area contributed by atoms with Crippen molar-refractivity contribution in [2.45, 2.75) is 29.2 Å². The van der Waals surface area contributed by atoms with Gasteiger partial charge in [-0.3, -0.25) is 0 Å². The smallest absolute Gasteiger partial charge is 0.0545 e. The average molecular weight is 357 g/mol. The van der Waals surface area contributed by atoms with E-state index in [4.69, 9.17) is 17.3 Å². The third-order valence-corrected chi connectivity index (χ3v) is 5.12. The first-order valence-electron chi connectivity index (χ1n) is 6.02. The standard InChI is InChI=1S/C15H15BrClNS/c1-10(18)8-11-6-7-14(12(16)9-11)19-15-5-3-2-4-13(15)17/h2-7,9-10H,8,18H2,1H3. The highest BCUT2D eigenvalue weighted by atomic mass is 79.9.